The van der Waals surface area contributed by atoms with Gasteiger partial charge in [-0.25, -0.2) is 4.98 Å². The Balaban J connectivity index is 1.77. The summed E-state index contributed by atoms with van der Waals surface area (Å²) in [6.45, 7) is 2.71. The van der Waals surface area contributed by atoms with Crippen molar-refractivity contribution in [2.45, 2.75) is 12.8 Å². The van der Waals surface area contributed by atoms with E-state index < -0.39 is 0 Å². The summed E-state index contributed by atoms with van der Waals surface area (Å²) in [5, 5.41) is 3.21. The Bertz CT molecular complexity index is 717. The zero-order chi connectivity index (χ0) is 17.3. The third kappa shape index (κ3) is 3.25. The molecule has 0 aromatic carbocycles. The van der Waals surface area contributed by atoms with Crippen LogP contribution in [0.5, 0.6) is 0 Å². The van der Waals surface area contributed by atoms with E-state index in [0.29, 0.717) is 19.6 Å². The fourth-order valence-electron chi connectivity index (χ4n) is 2.72. The lowest BCUT2D eigenvalue weighted by Crippen LogP contribution is -2.31. The fraction of sp³-hybridized carbons (Fsp3) is 0.500. The average molecular weight is 348 g/mol. The number of likely N-dealkylation sites (N-methyl/N-ethyl adjacent to an activating group) is 1. The highest BCUT2D eigenvalue weighted by Gasteiger charge is 2.33. The number of likely N-dealkylation sites (tertiary alicyclic amines) is 1. The molecule has 1 aliphatic heterocycles. The van der Waals surface area contributed by atoms with Crippen LogP contribution in [0.4, 0.5) is 0 Å². The zero-order valence-electron chi connectivity index (χ0n) is 13.8. The Morgan fingerprint density at radius 1 is 1.33 bits per heavy atom. The first-order valence-electron chi connectivity index (χ1n) is 7.97. The summed E-state index contributed by atoms with van der Waals surface area (Å²) in [4.78, 5) is 45.4. The second-order valence-corrected chi connectivity index (χ2v) is 7.18. The molecule has 1 aromatic heterocycles. The molecule has 8 heteroatoms. The molecule has 0 spiro atoms. The third-order valence-corrected chi connectivity index (χ3v) is 5.09. The maximum Gasteiger partial charge on any atom is 0.282 e. The Morgan fingerprint density at radius 2 is 2.04 bits per heavy atom. The molecule has 1 aliphatic carbocycles. The van der Waals surface area contributed by atoms with E-state index in [1.54, 1.807) is 4.90 Å². The van der Waals surface area contributed by atoms with Crippen molar-refractivity contribution in [3.8, 4) is 0 Å². The smallest absolute Gasteiger partial charge is 0.282 e. The zero-order valence-corrected chi connectivity index (χ0v) is 14.6. The van der Waals surface area contributed by atoms with Gasteiger partial charge in [0.05, 0.1) is 5.70 Å². The molecule has 2 heterocycles. The number of hydrogen-bond donors (Lipinski definition) is 1. The van der Waals surface area contributed by atoms with Gasteiger partial charge in [0.25, 0.3) is 5.91 Å². The average Bonchev–Trinajstić information content (AvgIpc) is 3.20. The van der Waals surface area contributed by atoms with Gasteiger partial charge < -0.3 is 15.1 Å². The molecule has 0 atom stereocenters. The number of rotatable bonds is 5. The Kier molecular flexibility index (Phi) is 4.77. The van der Waals surface area contributed by atoms with Crippen molar-refractivity contribution in [3.63, 3.8) is 0 Å². The molecule has 3 rings (SSSR count). The van der Waals surface area contributed by atoms with Crippen LogP contribution in [0.1, 0.15) is 42.8 Å². The highest BCUT2D eigenvalue weighted by atomic mass is 32.1. The van der Waals surface area contributed by atoms with E-state index in [9.17, 15) is 14.4 Å². The summed E-state index contributed by atoms with van der Waals surface area (Å²) in [6.07, 6.45) is 3.27. The Hall–Kier alpha value is -2.06. The van der Waals surface area contributed by atoms with Crippen molar-refractivity contribution in [2.75, 3.05) is 40.3 Å². The molecule has 0 radical (unpaired) electrons. The van der Waals surface area contributed by atoms with Gasteiger partial charge in [0.2, 0.25) is 5.78 Å². The lowest BCUT2D eigenvalue weighted by molar-refractivity contribution is 0.0792. The van der Waals surface area contributed by atoms with Crippen molar-refractivity contribution in [2.24, 2.45) is 0 Å². The van der Waals surface area contributed by atoms with Crippen LogP contribution in [0.3, 0.4) is 0 Å². The molecule has 24 heavy (non-hydrogen) atoms. The number of nitrogens with one attached hydrogen (secondary N) is 1. The molecule has 1 aromatic rings. The second kappa shape index (κ2) is 6.82. The maximum atomic E-state index is 12.5. The minimum Gasteiger partial charge on any atom is -0.380 e. The van der Waals surface area contributed by atoms with Crippen LogP contribution >= 0.6 is 11.3 Å². The van der Waals surface area contributed by atoms with E-state index in [0.717, 1.165) is 30.7 Å². The summed E-state index contributed by atoms with van der Waals surface area (Å²) in [5.41, 5.74) is 0.349. The fourth-order valence-corrected chi connectivity index (χ4v) is 3.66. The molecular weight excluding hydrogens is 328 g/mol. The summed E-state index contributed by atoms with van der Waals surface area (Å²) in [5.74, 6) is -0.773. The van der Waals surface area contributed by atoms with Gasteiger partial charge in [-0.2, -0.15) is 0 Å². The van der Waals surface area contributed by atoms with Gasteiger partial charge >= 0.3 is 0 Å². The lowest BCUT2D eigenvalue weighted by atomic mass is 10.0. The van der Waals surface area contributed by atoms with Gasteiger partial charge in [-0.3, -0.25) is 14.4 Å². The van der Waals surface area contributed by atoms with Gasteiger partial charge in [0.1, 0.15) is 10.6 Å². The number of allylic oxidation sites excluding steroid dienone is 2. The number of carbonyl (C=O) groups excluding carboxylic acids is 3. The lowest BCUT2D eigenvalue weighted by Gasteiger charge is -2.15. The van der Waals surface area contributed by atoms with Crippen molar-refractivity contribution < 1.29 is 14.4 Å². The summed E-state index contributed by atoms with van der Waals surface area (Å²) >= 11 is 1.02. The summed E-state index contributed by atoms with van der Waals surface area (Å²) in [7, 11) is 3.86. The first kappa shape index (κ1) is 16.8. The molecule has 1 N–H and O–H groups in total. The predicted molar refractivity (Wildman–Crippen MR) is 90.6 cm³/mol. The van der Waals surface area contributed by atoms with Crippen LogP contribution < -0.4 is 5.32 Å². The van der Waals surface area contributed by atoms with Crippen LogP contribution in [0.25, 0.3) is 0 Å². The molecule has 2 aliphatic rings. The number of fused-ring (bicyclic) bond motifs is 1. The summed E-state index contributed by atoms with van der Waals surface area (Å²) in [6, 6.07) is 0. The standard InChI is InChI=1S/C16H20N4O3S/c1-19(2)8-5-17-10-9-11(21)14-12(13(10)22)18-15(24-14)16(23)20-6-3-4-7-20/h9,17H,3-8H2,1-2H3. The van der Waals surface area contributed by atoms with Crippen LogP contribution in [-0.2, 0) is 0 Å². The third-order valence-electron chi connectivity index (χ3n) is 4.04. The molecule has 128 valence electrons. The molecule has 1 saturated heterocycles. The van der Waals surface area contributed by atoms with E-state index in [-0.39, 0.29) is 38.7 Å². The molecule has 7 nitrogen and oxygen atoms in total. The van der Waals surface area contributed by atoms with Crippen molar-refractivity contribution >= 4 is 28.8 Å². The predicted octanol–water partition coefficient (Wildman–Crippen LogP) is 0.793. The highest BCUT2D eigenvalue weighted by Crippen LogP contribution is 2.27. The first-order valence-corrected chi connectivity index (χ1v) is 8.78. The monoisotopic (exact) mass is 348 g/mol. The SMILES string of the molecule is CN(C)CCNC1=CC(=O)c2sc(C(=O)N3CCCC3)nc2C1=O. The number of thiazole rings is 1. The van der Waals surface area contributed by atoms with Gasteiger partial charge in [-0.1, -0.05) is 0 Å². The van der Waals surface area contributed by atoms with Crippen molar-refractivity contribution in [1.29, 1.82) is 0 Å². The van der Waals surface area contributed by atoms with Crippen LogP contribution in [-0.4, -0.2) is 72.5 Å². The molecule has 0 saturated carbocycles. The van der Waals surface area contributed by atoms with E-state index in [2.05, 4.69) is 10.3 Å². The maximum absolute atomic E-state index is 12.5. The van der Waals surface area contributed by atoms with Gasteiger partial charge in [0, 0.05) is 32.3 Å². The van der Waals surface area contributed by atoms with Gasteiger partial charge in [0.15, 0.2) is 10.8 Å². The summed E-state index contributed by atoms with van der Waals surface area (Å²) < 4.78 is 0. The number of aromatic nitrogens is 1. The number of Topliss-reactive ketones (excluding diaryl/α,β-unsaturated/α-hetero) is 1. The molecule has 0 bridgehead atoms. The minimum absolute atomic E-state index is 0.0994. The first-order chi connectivity index (χ1) is 11.5. The Labute approximate surface area is 144 Å². The Morgan fingerprint density at radius 3 is 2.71 bits per heavy atom. The second-order valence-electron chi connectivity index (χ2n) is 6.18. The van der Waals surface area contributed by atoms with Gasteiger partial charge in [-0.05, 0) is 26.9 Å². The van der Waals surface area contributed by atoms with E-state index in [1.165, 1.54) is 6.08 Å². The highest BCUT2D eigenvalue weighted by molar-refractivity contribution is 7.16. The van der Waals surface area contributed by atoms with Crippen molar-refractivity contribution in [1.82, 2.24) is 20.1 Å². The normalized spacial score (nSPS) is 17.3. The van der Waals surface area contributed by atoms with E-state index in [4.69, 9.17) is 0 Å². The quantitative estimate of drug-likeness (QED) is 0.847. The minimum atomic E-state index is -0.319. The van der Waals surface area contributed by atoms with Crippen molar-refractivity contribution in [3.05, 3.63) is 27.4 Å². The topological polar surface area (TPSA) is 82.6 Å². The van der Waals surface area contributed by atoms with Crippen LogP contribution in [0.2, 0.25) is 0 Å². The number of nitrogens with zero attached hydrogens (tertiary/aromatic N) is 3. The molecular formula is C16H20N4O3S. The van der Waals surface area contributed by atoms with Crippen LogP contribution in [0, 0.1) is 0 Å². The molecule has 1 amide bonds. The van der Waals surface area contributed by atoms with Gasteiger partial charge in [-0.15, -0.1) is 11.3 Å². The molecule has 0 unspecified atom stereocenters. The largest absolute Gasteiger partial charge is 0.380 e. The number of ketones is 2. The van der Waals surface area contributed by atoms with Crippen LogP contribution in [0.15, 0.2) is 11.8 Å². The van der Waals surface area contributed by atoms with E-state index in [1.807, 2.05) is 19.0 Å². The van der Waals surface area contributed by atoms with E-state index >= 15 is 0 Å². The number of amides is 1. The number of hydrogen-bond acceptors (Lipinski definition) is 7. The number of carbonyl (C=O) groups is 3. The molecule has 1 fully saturated rings.